The molecule has 1 unspecified atom stereocenters. The first-order chi connectivity index (χ1) is 11.5. The first-order valence-electron chi connectivity index (χ1n) is 8.45. The zero-order valence-electron chi connectivity index (χ0n) is 14.4. The Kier molecular flexibility index (Phi) is 3.89. The number of hydrogen-bond acceptors (Lipinski definition) is 5. The molecule has 1 atom stereocenters. The maximum absolute atomic E-state index is 13.1. The highest BCUT2D eigenvalue weighted by Gasteiger charge is 2.42. The fourth-order valence-electron chi connectivity index (χ4n) is 3.86. The third kappa shape index (κ3) is 2.64. The van der Waals surface area contributed by atoms with Crippen molar-refractivity contribution < 1.29 is 14.3 Å². The Morgan fingerprint density at radius 1 is 1.42 bits per heavy atom. The minimum absolute atomic E-state index is 0.0542. The molecule has 1 amide bonds. The fourth-order valence-corrected chi connectivity index (χ4v) is 4.96. The maximum Gasteiger partial charge on any atom is 0.264 e. The molecule has 0 N–H and O–H groups in total. The van der Waals surface area contributed by atoms with Crippen LogP contribution in [0, 0.1) is 6.92 Å². The highest BCUT2D eigenvalue weighted by molar-refractivity contribution is 7.20. The monoisotopic (exact) mass is 349 g/mol. The second-order valence-corrected chi connectivity index (χ2v) is 7.98. The van der Waals surface area contributed by atoms with E-state index in [4.69, 9.17) is 9.47 Å². The summed E-state index contributed by atoms with van der Waals surface area (Å²) < 4.78 is 13.6. The summed E-state index contributed by atoms with van der Waals surface area (Å²) in [5.74, 6) is 0.108. The van der Waals surface area contributed by atoms with Crippen molar-refractivity contribution in [2.45, 2.75) is 38.4 Å². The predicted molar refractivity (Wildman–Crippen MR) is 92.6 cm³/mol. The van der Waals surface area contributed by atoms with E-state index in [9.17, 15) is 4.79 Å². The molecule has 7 heteroatoms. The Bertz CT molecular complexity index is 741. The summed E-state index contributed by atoms with van der Waals surface area (Å²) in [6, 6.07) is 1.99. The molecule has 2 aromatic heterocycles. The van der Waals surface area contributed by atoms with E-state index in [1.165, 1.54) is 11.3 Å². The van der Waals surface area contributed by atoms with Gasteiger partial charge in [0, 0.05) is 45.0 Å². The van der Waals surface area contributed by atoms with Gasteiger partial charge >= 0.3 is 0 Å². The highest BCUT2D eigenvalue weighted by Crippen LogP contribution is 2.34. The lowest BCUT2D eigenvalue weighted by atomic mass is 9.91. The molecule has 6 nitrogen and oxygen atoms in total. The van der Waals surface area contributed by atoms with E-state index < -0.39 is 0 Å². The number of hydrogen-bond donors (Lipinski definition) is 0. The van der Waals surface area contributed by atoms with Gasteiger partial charge < -0.3 is 14.4 Å². The van der Waals surface area contributed by atoms with E-state index in [2.05, 4.69) is 12.0 Å². The van der Waals surface area contributed by atoms with Crippen LogP contribution < -0.4 is 0 Å². The van der Waals surface area contributed by atoms with Crippen LogP contribution in [-0.2, 0) is 16.5 Å². The predicted octanol–water partition coefficient (Wildman–Crippen LogP) is 2.35. The van der Waals surface area contributed by atoms with Crippen molar-refractivity contribution in [1.82, 2.24) is 14.7 Å². The van der Waals surface area contributed by atoms with Gasteiger partial charge in [0.15, 0.2) is 0 Å². The van der Waals surface area contributed by atoms with Crippen LogP contribution in [0.3, 0.4) is 0 Å². The van der Waals surface area contributed by atoms with E-state index in [1.807, 2.05) is 29.6 Å². The second-order valence-electron chi connectivity index (χ2n) is 6.95. The van der Waals surface area contributed by atoms with Crippen LogP contribution in [0.25, 0.3) is 10.2 Å². The summed E-state index contributed by atoms with van der Waals surface area (Å²) in [4.78, 5) is 16.9. The molecule has 2 saturated heterocycles. The Morgan fingerprint density at radius 3 is 2.88 bits per heavy atom. The Morgan fingerprint density at radius 2 is 2.17 bits per heavy atom. The standard InChI is InChI=1S/C17H23N3O3S/c1-11-9-20(10-17(23-11)4-6-22-7-5-17)15(21)14-8-13-12(2)18-19(3)16(13)24-14/h8,11H,4-7,9-10H2,1-3H3. The Labute approximate surface area is 145 Å². The van der Waals surface area contributed by atoms with Crippen LogP contribution in [0.5, 0.6) is 0 Å². The molecule has 0 aliphatic carbocycles. The molecule has 0 bridgehead atoms. The van der Waals surface area contributed by atoms with Crippen molar-refractivity contribution in [3.05, 3.63) is 16.6 Å². The number of carbonyl (C=O) groups excluding carboxylic acids is 1. The number of morpholine rings is 1. The summed E-state index contributed by atoms with van der Waals surface area (Å²) in [6.45, 7) is 6.76. The molecule has 2 aliphatic heterocycles. The van der Waals surface area contributed by atoms with Crippen molar-refractivity contribution >= 4 is 27.5 Å². The van der Waals surface area contributed by atoms with E-state index >= 15 is 0 Å². The fraction of sp³-hybridized carbons (Fsp3) is 0.647. The number of fused-ring (bicyclic) bond motifs is 1. The highest BCUT2D eigenvalue weighted by atomic mass is 32.1. The minimum atomic E-state index is -0.236. The van der Waals surface area contributed by atoms with Crippen LogP contribution in [0.2, 0.25) is 0 Å². The number of aryl methyl sites for hydroxylation is 2. The van der Waals surface area contributed by atoms with Gasteiger partial charge in [-0.15, -0.1) is 11.3 Å². The quantitative estimate of drug-likeness (QED) is 0.793. The van der Waals surface area contributed by atoms with E-state index in [0.717, 1.165) is 33.6 Å². The zero-order chi connectivity index (χ0) is 16.9. The molecule has 1 spiro atoms. The van der Waals surface area contributed by atoms with Crippen molar-refractivity contribution in [3.63, 3.8) is 0 Å². The molecule has 0 saturated carbocycles. The number of thiophene rings is 1. The number of aromatic nitrogens is 2. The van der Waals surface area contributed by atoms with Crippen LogP contribution >= 0.6 is 11.3 Å². The number of ether oxygens (including phenoxy) is 2. The minimum Gasteiger partial charge on any atom is -0.381 e. The molecule has 0 radical (unpaired) electrons. The molecule has 24 heavy (non-hydrogen) atoms. The van der Waals surface area contributed by atoms with Crippen LogP contribution in [0.4, 0.5) is 0 Å². The van der Waals surface area contributed by atoms with E-state index in [1.54, 1.807) is 0 Å². The largest absolute Gasteiger partial charge is 0.381 e. The van der Waals surface area contributed by atoms with Gasteiger partial charge in [-0.05, 0) is 19.9 Å². The van der Waals surface area contributed by atoms with Crippen LogP contribution in [0.15, 0.2) is 6.07 Å². The molecule has 0 aromatic carbocycles. The Hall–Kier alpha value is -1.44. The summed E-state index contributed by atoms with van der Waals surface area (Å²) in [7, 11) is 1.92. The molecule has 2 fully saturated rings. The number of carbonyl (C=O) groups is 1. The van der Waals surface area contributed by atoms with E-state index in [0.29, 0.717) is 26.3 Å². The van der Waals surface area contributed by atoms with Gasteiger partial charge in [0.2, 0.25) is 0 Å². The average molecular weight is 349 g/mol. The normalized spacial score (nSPS) is 24.0. The topological polar surface area (TPSA) is 56.6 Å². The van der Waals surface area contributed by atoms with Gasteiger partial charge in [0.25, 0.3) is 5.91 Å². The molecule has 130 valence electrons. The number of amides is 1. The van der Waals surface area contributed by atoms with Gasteiger partial charge in [-0.1, -0.05) is 0 Å². The summed E-state index contributed by atoms with van der Waals surface area (Å²) in [5.41, 5.74) is 0.735. The zero-order valence-corrected chi connectivity index (χ0v) is 15.2. The first kappa shape index (κ1) is 16.1. The van der Waals surface area contributed by atoms with Gasteiger partial charge in [0.1, 0.15) is 4.83 Å². The molecule has 4 rings (SSSR count). The third-order valence-electron chi connectivity index (χ3n) is 5.01. The lowest BCUT2D eigenvalue weighted by Gasteiger charge is -2.47. The van der Waals surface area contributed by atoms with Crippen molar-refractivity contribution in [1.29, 1.82) is 0 Å². The maximum atomic E-state index is 13.1. The molecule has 4 heterocycles. The molecule has 2 aliphatic rings. The van der Waals surface area contributed by atoms with Crippen LogP contribution in [0.1, 0.15) is 35.1 Å². The summed E-state index contributed by atoms with van der Waals surface area (Å²) in [6.07, 6.45) is 1.77. The van der Waals surface area contributed by atoms with Crippen molar-refractivity contribution in [2.24, 2.45) is 7.05 Å². The molecular weight excluding hydrogens is 326 g/mol. The number of nitrogens with zero attached hydrogens (tertiary/aromatic N) is 3. The average Bonchev–Trinajstić information content (AvgIpc) is 3.09. The number of rotatable bonds is 1. The molecular formula is C17H23N3O3S. The smallest absolute Gasteiger partial charge is 0.264 e. The Balaban J connectivity index is 1.61. The van der Waals surface area contributed by atoms with E-state index in [-0.39, 0.29) is 17.6 Å². The summed E-state index contributed by atoms with van der Waals surface area (Å²) in [5, 5.41) is 5.49. The summed E-state index contributed by atoms with van der Waals surface area (Å²) >= 11 is 1.53. The van der Waals surface area contributed by atoms with Gasteiger partial charge in [-0.2, -0.15) is 5.10 Å². The first-order valence-corrected chi connectivity index (χ1v) is 9.27. The molecule has 2 aromatic rings. The second kappa shape index (κ2) is 5.82. The van der Waals surface area contributed by atoms with Gasteiger partial charge in [-0.3, -0.25) is 9.48 Å². The van der Waals surface area contributed by atoms with Gasteiger partial charge in [0.05, 0.1) is 28.8 Å². The van der Waals surface area contributed by atoms with Crippen LogP contribution in [-0.4, -0.2) is 58.6 Å². The lowest BCUT2D eigenvalue weighted by molar-refractivity contribution is -0.176. The SMILES string of the molecule is Cc1nn(C)c2sc(C(=O)N3CC(C)OC4(CCOCC4)C3)cc12. The third-order valence-corrected chi connectivity index (χ3v) is 6.20. The van der Waals surface area contributed by atoms with Crippen molar-refractivity contribution in [2.75, 3.05) is 26.3 Å². The van der Waals surface area contributed by atoms with Crippen molar-refractivity contribution in [3.8, 4) is 0 Å². The lowest BCUT2D eigenvalue weighted by Crippen LogP contribution is -2.58. The van der Waals surface area contributed by atoms with Gasteiger partial charge in [-0.25, -0.2) is 0 Å².